The van der Waals surface area contributed by atoms with Crippen LogP contribution >= 0.6 is 0 Å². The SMILES string of the molecule is O=C(O)[C@H](Cc1ccccc1)C[C@H](Cc1ccccc1)C(=O)O. The summed E-state index contributed by atoms with van der Waals surface area (Å²) in [6.07, 6.45) is 0.804. The van der Waals surface area contributed by atoms with Crippen LogP contribution in [-0.4, -0.2) is 22.2 Å². The van der Waals surface area contributed by atoms with Crippen molar-refractivity contribution in [1.82, 2.24) is 0 Å². The first-order valence-corrected chi connectivity index (χ1v) is 7.59. The topological polar surface area (TPSA) is 74.6 Å². The predicted molar refractivity (Wildman–Crippen MR) is 87.2 cm³/mol. The van der Waals surface area contributed by atoms with Gasteiger partial charge >= 0.3 is 11.9 Å². The summed E-state index contributed by atoms with van der Waals surface area (Å²) in [4.78, 5) is 23.0. The zero-order chi connectivity index (χ0) is 16.7. The Morgan fingerprint density at radius 2 is 1.04 bits per heavy atom. The van der Waals surface area contributed by atoms with E-state index in [9.17, 15) is 19.8 Å². The van der Waals surface area contributed by atoms with E-state index in [2.05, 4.69) is 0 Å². The number of carbonyl (C=O) groups is 2. The fourth-order valence-electron chi connectivity index (χ4n) is 2.68. The Kier molecular flexibility index (Phi) is 5.92. The second kappa shape index (κ2) is 8.13. The first-order chi connectivity index (χ1) is 11.1. The van der Waals surface area contributed by atoms with Crippen molar-refractivity contribution < 1.29 is 19.8 Å². The van der Waals surface area contributed by atoms with E-state index in [-0.39, 0.29) is 6.42 Å². The predicted octanol–water partition coefficient (Wildman–Crippen LogP) is 3.26. The van der Waals surface area contributed by atoms with E-state index in [1.807, 2.05) is 60.7 Å². The van der Waals surface area contributed by atoms with Crippen LogP contribution in [0.5, 0.6) is 0 Å². The number of benzene rings is 2. The Bertz CT molecular complexity index is 579. The van der Waals surface area contributed by atoms with Crippen LogP contribution in [0.15, 0.2) is 60.7 Å². The molecule has 0 aliphatic rings. The van der Waals surface area contributed by atoms with Crippen molar-refractivity contribution in [1.29, 1.82) is 0 Å². The first-order valence-electron chi connectivity index (χ1n) is 7.59. The van der Waals surface area contributed by atoms with Gasteiger partial charge in [-0.1, -0.05) is 60.7 Å². The molecular weight excluding hydrogens is 292 g/mol. The number of hydrogen-bond acceptors (Lipinski definition) is 2. The second-order valence-corrected chi connectivity index (χ2v) is 5.69. The molecule has 2 aromatic rings. The van der Waals surface area contributed by atoms with Crippen molar-refractivity contribution in [2.45, 2.75) is 19.3 Å². The molecule has 0 unspecified atom stereocenters. The molecule has 0 spiro atoms. The van der Waals surface area contributed by atoms with Gasteiger partial charge in [-0.2, -0.15) is 0 Å². The minimum absolute atomic E-state index is 0.119. The largest absolute Gasteiger partial charge is 0.481 e. The molecule has 0 saturated carbocycles. The van der Waals surface area contributed by atoms with Crippen molar-refractivity contribution in [2.24, 2.45) is 11.8 Å². The van der Waals surface area contributed by atoms with Crippen molar-refractivity contribution in [3.05, 3.63) is 71.8 Å². The average Bonchev–Trinajstić information content (AvgIpc) is 2.55. The Morgan fingerprint density at radius 1 is 0.696 bits per heavy atom. The summed E-state index contributed by atoms with van der Waals surface area (Å²) < 4.78 is 0. The quantitative estimate of drug-likeness (QED) is 0.784. The summed E-state index contributed by atoms with van der Waals surface area (Å²) in [6, 6.07) is 18.6. The van der Waals surface area contributed by atoms with Gasteiger partial charge in [0.15, 0.2) is 0 Å². The molecule has 0 bridgehead atoms. The van der Waals surface area contributed by atoms with Crippen LogP contribution in [0.25, 0.3) is 0 Å². The van der Waals surface area contributed by atoms with Crippen LogP contribution in [0.3, 0.4) is 0 Å². The molecule has 4 nitrogen and oxygen atoms in total. The van der Waals surface area contributed by atoms with E-state index in [4.69, 9.17) is 0 Å². The molecule has 2 rings (SSSR count). The molecule has 2 N–H and O–H groups in total. The molecule has 4 heteroatoms. The molecular formula is C19H20O4. The number of hydrogen-bond donors (Lipinski definition) is 2. The van der Waals surface area contributed by atoms with Crippen molar-refractivity contribution in [3.63, 3.8) is 0 Å². The van der Waals surface area contributed by atoms with Crippen LogP contribution in [0.2, 0.25) is 0 Å². The van der Waals surface area contributed by atoms with E-state index in [0.717, 1.165) is 11.1 Å². The summed E-state index contributed by atoms with van der Waals surface area (Å²) in [6.45, 7) is 0. The summed E-state index contributed by atoms with van der Waals surface area (Å²) in [7, 11) is 0. The summed E-state index contributed by atoms with van der Waals surface area (Å²) >= 11 is 0. The zero-order valence-electron chi connectivity index (χ0n) is 12.8. The molecule has 120 valence electrons. The summed E-state index contributed by atoms with van der Waals surface area (Å²) in [5, 5.41) is 18.9. The van der Waals surface area contributed by atoms with Gasteiger partial charge in [-0.25, -0.2) is 0 Å². The third-order valence-electron chi connectivity index (χ3n) is 3.92. The van der Waals surface area contributed by atoms with Gasteiger partial charge in [-0.15, -0.1) is 0 Å². The first kappa shape index (κ1) is 16.7. The third kappa shape index (κ3) is 5.25. The Balaban J connectivity index is 2.08. The Morgan fingerprint density at radius 3 is 1.35 bits per heavy atom. The lowest BCUT2D eigenvalue weighted by Crippen LogP contribution is -2.26. The molecule has 0 aliphatic heterocycles. The molecule has 0 radical (unpaired) electrons. The average molecular weight is 312 g/mol. The second-order valence-electron chi connectivity index (χ2n) is 5.69. The van der Waals surface area contributed by atoms with Gasteiger partial charge in [0.05, 0.1) is 11.8 Å². The zero-order valence-corrected chi connectivity index (χ0v) is 12.8. The van der Waals surface area contributed by atoms with Gasteiger partial charge in [0.2, 0.25) is 0 Å². The number of carboxylic acids is 2. The molecule has 0 amide bonds. The van der Waals surface area contributed by atoms with Gasteiger partial charge in [0.1, 0.15) is 0 Å². The highest BCUT2D eigenvalue weighted by Crippen LogP contribution is 2.22. The fraction of sp³-hybridized carbons (Fsp3) is 0.263. The minimum atomic E-state index is -0.951. The van der Waals surface area contributed by atoms with E-state index >= 15 is 0 Å². The van der Waals surface area contributed by atoms with E-state index < -0.39 is 23.8 Å². The fourth-order valence-corrected chi connectivity index (χ4v) is 2.68. The van der Waals surface area contributed by atoms with Crippen molar-refractivity contribution in [3.8, 4) is 0 Å². The lowest BCUT2D eigenvalue weighted by Gasteiger charge is -2.18. The highest BCUT2D eigenvalue weighted by atomic mass is 16.4. The van der Waals surface area contributed by atoms with Gasteiger partial charge in [-0.05, 0) is 30.4 Å². The summed E-state index contributed by atoms with van der Waals surface area (Å²) in [5.41, 5.74) is 1.81. The van der Waals surface area contributed by atoms with Crippen LogP contribution in [0, 0.1) is 11.8 Å². The number of carboxylic acid groups (broad SMARTS) is 2. The van der Waals surface area contributed by atoms with Gasteiger partial charge in [0.25, 0.3) is 0 Å². The monoisotopic (exact) mass is 312 g/mol. The van der Waals surface area contributed by atoms with Crippen molar-refractivity contribution in [2.75, 3.05) is 0 Å². The molecule has 0 saturated heterocycles. The van der Waals surface area contributed by atoms with Crippen LogP contribution in [0.1, 0.15) is 17.5 Å². The van der Waals surface area contributed by atoms with E-state index in [1.54, 1.807) is 0 Å². The number of rotatable bonds is 8. The maximum absolute atomic E-state index is 11.5. The number of aliphatic carboxylic acids is 2. The molecule has 0 aliphatic carbocycles. The molecule has 0 aromatic heterocycles. The highest BCUT2D eigenvalue weighted by Gasteiger charge is 2.27. The lowest BCUT2D eigenvalue weighted by atomic mass is 9.86. The lowest BCUT2D eigenvalue weighted by molar-refractivity contribution is -0.145. The van der Waals surface area contributed by atoms with Crippen LogP contribution < -0.4 is 0 Å². The summed E-state index contributed by atoms with van der Waals surface area (Å²) in [5.74, 6) is -3.31. The Hall–Kier alpha value is -2.62. The molecule has 2 atom stereocenters. The van der Waals surface area contributed by atoms with Gasteiger partial charge in [0, 0.05) is 0 Å². The molecule has 0 heterocycles. The van der Waals surface area contributed by atoms with Crippen LogP contribution in [-0.2, 0) is 22.4 Å². The maximum Gasteiger partial charge on any atom is 0.306 e. The smallest absolute Gasteiger partial charge is 0.306 e. The maximum atomic E-state index is 11.5. The van der Waals surface area contributed by atoms with E-state index in [1.165, 1.54) is 0 Å². The molecule has 2 aromatic carbocycles. The third-order valence-corrected chi connectivity index (χ3v) is 3.92. The Labute approximate surface area is 135 Å². The molecule has 23 heavy (non-hydrogen) atoms. The normalized spacial score (nSPS) is 13.2. The highest BCUT2D eigenvalue weighted by molar-refractivity contribution is 5.74. The standard InChI is InChI=1S/C19H20O4/c20-18(21)16(11-14-7-3-1-4-8-14)13-17(19(22)23)12-15-9-5-2-6-10-15/h1-10,16-17H,11-13H2,(H,20,21)(H,22,23)/t16-,17+. The minimum Gasteiger partial charge on any atom is -0.481 e. The van der Waals surface area contributed by atoms with Gasteiger partial charge in [-0.3, -0.25) is 9.59 Å². The van der Waals surface area contributed by atoms with E-state index in [0.29, 0.717) is 12.8 Å². The molecule has 0 fully saturated rings. The van der Waals surface area contributed by atoms with Gasteiger partial charge < -0.3 is 10.2 Å². The van der Waals surface area contributed by atoms with Crippen molar-refractivity contribution >= 4 is 11.9 Å². The van der Waals surface area contributed by atoms with Crippen LogP contribution in [0.4, 0.5) is 0 Å².